The Kier molecular flexibility index (Phi) is 7.85. The number of carbonyl (C=O) groups is 3. The van der Waals surface area contributed by atoms with E-state index in [0.717, 1.165) is 9.35 Å². The number of hydrogen-bond acceptors (Lipinski definition) is 7. The molecule has 0 spiro atoms. The van der Waals surface area contributed by atoms with Gasteiger partial charge in [-0.25, -0.2) is 4.79 Å². The topological polar surface area (TPSA) is 108 Å². The molecule has 0 radical (unpaired) electrons. The number of thiophene rings is 1. The molecule has 1 rings (SSSR count). The van der Waals surface area contributed by atoms with Gasteiger partial charge in [0.1, 0.15) is 0 Å². The number of amides is 1. The quantitative estimate of drug-likeness (QED) is 0.492. The first kappa shape index (κ1) is 20.6. The Balaban J connectivity index is 2.92. The fourth-order valence-electron chi connectivity index (χ4n) is 1.94. The maximum atomic E-state index is 12.4. The van der Waals surface area contributed by atoms with E-state index in [2.05, 4.69) is 21.2 Å². The van der Waals surface area contributed by atoms with E-state index in [0.29, 0.717) is 4.88 Å². The van der Waals surface area contributed by atoms with Crippen molar-refractivity contribution in [2.24, 2.45) is 5.73 Å². The highest BCUT2D eigenvalue weighted by atomic mass is 79.9. The molecule has 0 aliphatic heterocycles. The summed E-state index contributed by atoms with van der Waals surface area (Å²) in [6.07, 6.45) is -0.238. The zero-order valence-corrected chi connectivity index (χ0v) is 16.2. The molecule has 9 heteroatoms. The highest BCUT2D eigenvalue weighted by molar-refractivity contribution is 9.11. The van der Waals surface area contributed by atoms with Gasteiger partial charge in [0.05, 0.1) is 21.9 Å². The first-order chi connectivity index (χ1) is 11.2. The van der Waals surface area contributed by atoms with Crippen molar-refractivity contribution in [3.63, 3.8) is 0 Å². The van der Waals surface area contributed by atoms with Crippen LogP contribution < -0.4 is 11.1 Å². The van der Waals surface area contributed by atoms with Crippen LogP contribution in [0.15, 0.2) is 9.85 Å². The zero-order chi connectivity index (χ0) is 18.3. The summed E-state index contributed by atoms with van der Waals surface area (Å²) in [4.78, 5) is 36.6. The van der Waals surface area contributed by atoms with Gasteiger partial charge in [0, 0.05) is 12.8 Å². The molecule has 1 aromatic heterocycles. The van der Waals surface area contributed by atoms with Crippen LogP contribution in [0, 0.1) is 6.92 Å². The van der Waals surface area contributed by atoms with Gasteiger partial charge in [-0.2, -0.15) is 0 Å². The number of nitrogens with one attached hydrogen (secondary N) is 1. The van der Waals surface area contributed by atoms with Crippen molar-refractivity contribution in [1.82, 2.24) is 5.32 Å². The van der Waals surface area contributed by atoms with E-state index in [-0.39, 0.29) is 26.1 Å². The lowest BCUT2D eigenvalue weighted by molar-refractivity contribution is -0.152. The second kappa shape index (κ2) is 9.14. The van der Waals surface area contributed by atoms with Gasteiger partial charge < -0.3 is 14.8 Å². The molecular weight excluding hydrogens is 400 g/mol. The lowest BCUT2D eigenvalue weighted by Gasteiger charge is -2.27. The normalized spacial score (nSPS) is 13.0. The zero-order valence-electron chi connectivity index (χ0n) is 13.8. The molecule has 1 amide bonds. The van der Waals surface area contributed by atoms with E-state index in [1.165, 1.54) is 11.3 Å². The number of nitrogens with two attached hydrogens (primary N) is 1. The summed E-state index contributed by atoms with van der Waals surface area (Å²) in [5.41, 5.74) is 4.99. The molecular formula is C15H21BrN2O5S. The molecule has 3 N–H and O–H groups in total. The molecule has 1 unspecified atom stereocenters. The predicted octanol–water partition coefficient (Wildman–Crippen LogP) is 2.11. The third kappa shape index (κ3) is 5.57. The summed E-state index contributed by atoms with van der Waals surface area (Å²) in [5.74, 6) is -1.79. The van der Waals surface area contributed by atoms with Crippen molar-refractivity contribution < 1.29 is 23.9 Å². The standard InChI is InChI=1S/C15H21BrN2O5S/c1-4-22-11(19)6-7-15(17,14(21)23-5-2)18-13(20)12-9(3)8-10(16)24-12/h8H,4-7,17H2,1-3H3,(H,18,20). The molecule has 0 bridgehead atoms. The molecule has 24 heavy (non-hydrogen) atoms. The number of ether oxygens (including phenoxy) is 2. The van der Waals surface area contributed by atoms with Crippen molar-refractivity contribution in [2.75, 3.05) is 13.2 Å². The second-order valence-electron chi connectivity index (χ2n) is 5.01. The van der Waals surface area contributed by atoms with Crippen LogP contribution in [0.5, 0.6) is 0 Å². The van der Waals surface area contributed by atoms with Crippen LogP contribution in [0.4, 0.5) is 0 Å². The van der Waals surface area contributed by atoms with Gasteiger partial charge in [0.2, 0.25) is 0 Å². The number of carbonyl (C=O) groups excluding carboxylic acids is 3. The first-order valence-corrected chi connectivity index (χ1v) is 9.04. The maximum absolute atomic E-state index is 12.4. The van der Waals surface area contributed by atoms with Gasteiger partial charge in [-0.3, -0.25) is 15.3 Å². The summed E-state index contributed by atoms with van der Waals surface area (Å²) < 4.78 is 10.5. The molecule has 7 nitrogen and oxygen atoms in total. The first-order valence-electron chi connectivity index (χ1n) is 7.43. The predicted molar refractivity (Wildman–Crippen MR) is 93.6 cm³/mol. The van der Waals surface area contributed by atoms with Crippen LogP contribution in [0.3, 0.4) is 0 Å². The smallest absolute Gasteiger partial charge is 0.346 e. The lowest BCUT2D eigenvalue weighted by Crippen LogP contribution is -2.62. The van der Waals surface area contributed by atoms with Crippen LogP contribution in [-0.2, 0) is 19.1 Å². The summed E-state index contributed by atoms with van der Waals surface area (Å²) in [6.45, 7) is 5.42. The Hall–Kier alpha value is -1.45. The Morgan fingerprint density at radius 2 is 1.92 bits per heavy atom. The van der Waals surface area contributed by atoms with Crippen molar-refractivity contribution in [1.29, 1.82) is 0 Å². The van der Waals surface area contributed by atoms with E-state index >= 15 is 0 Å². The average Bonchev–Trinajstić information content (AvgIpc) is 2.84. The number of aryl methyl sites for hydroxylation is 1. The minimum atomic E-state index is -1.80. The van der Waals surface area contributed by atoms with E-state index in [9.17, 15) is 14.4 Å². The Bertz CT molecular complexity index is 619. The van der Waals surface area contributed by atoms with Gasteiger partial charge in [-0.05, 0) is 48.3 Å². The van der Waals surface area contributed by atoms with Gasteiger partial charge in [-0.15, -0.1) is 11.3 Å². The highest BCUT2D eigenvalue weighted by Crippen LogP contribution is 2.27. The average molecular weight is 421 g/mol. The lowest BCUT2D eigenvalue weighted by atomic mass is 10.0. The van der Waals surface area contributed by atoms with Crippen molar-refractivity contribution in [3.05, 3.63) is 20.3 Å². The molecule has 0 saturated heterocycles. The fourth-order valence-corrected chi connectivity index (χ4v) is 3.56. The molecule has 0 saturated carbocycles. The van der Waals surface area contributed by atoms with Crippen LogP contribution in [0.25, 0.3) is 0 Å². The van der Waals surface area contributed by atoms with E-state index in [1.807, 2.05) is 0 Å². The number of esters is 2. The van der Waals surface area contributed by atoms with E-state index < -0.39 is 23.5 Å². The molecule has 0 fully saturated rings. The largest absolute Gasteiger partial charge is 0.466 e. The van der Waals surface area contributed by atoms with Crippen LogP contribution in [0.2, 0.25) is 0 Å². The maximum Gasteiger partial charge on any atom is 0.346 e. The summed E-state index contributed by atoms with van der Waals surface area (Å²) in [5, 5.41) is 2.49. The third-order valence-corrected chi connectivity index (χ3v) is 4.84. The fraction of sp³-hybridized carbons (Fsp3) is 0.533. The minimum Gasteiger partial charge on any atom is -0.466 e. The number of hydrogen-bond donors (Lipinski definition) is 2. The molecule has 134 valence electrons. The van der Waals surface area contributed by atoms with Gasteiger partial charge in [0.15, 0.2) is 5.66 Å². The molecule has 1 aromatic rings. The van der Waals surface area contributed by atoms with Crippen LogP contribution >= 0.6 is 27.3 Å². The summed E-state index contributed by atoms with van der Waals surface area (Å²) in [6, 6.07) is 1.79. The van der Waals surface area contributed by atoms with Crippen LogP contribution in [0.1, 0.15) is 41.9 Å². The van der Waals surface area contributed by atoms with E-state index in [4.69, 9.17) is 15.2 Å². The number of halogens is 1. The SMILES string of the molecule is CCOC(=O)CCC(N)(NC(=O)c1sc(Br)cc1C)C(=O)OCC. The van der Waals surface area contributed by atoms with Crippen molar-refractivity contribution in [3.8, 4) is 0 Å². The van der Waals surface area contributed by atoms with Crippen molar-refractivity contribution in [2.45, 2.75) is 39.3 Å². The Labute approximate surface area is 153 Å². The van der Waals surface area contributed by atoms with Crippen LogP contribution in [-0.4, -0.2) is 36.7 Å². The van der Waals surface area contributed by atoms with Crippen molar-refractivity contribution >= 4 is 45.1 Å². The Morgan fingerprint density at radius 3 is 2.42 bits per heavy atom. The molecule has 1 heterocycles. The molecule has 0 aliphatic carbocycles. The third-order valence-electron chi connectivity index (χ3n) is 3.10. The Morgan fingerprint density at radius 1 is 1.29 bits per heavy atom. The monoisotopic (exact) mass is 420 g/mol. The van der Waals surface area contributed by atoms with Gasteiger partial charge in [-0.1, -0.05) is 0 Å². The molecule has 1 atom stereocenters. The number of rotatable bonds is 8. The summed E-state index contributed by atoms with van der Waals surface area (Å²) in [7, 11) is 0. The molecule has 0 aliphatic rings. The van der Waals surface area contributed by atoms with E-state index in [1.54, 1.807) is 26.8 Å². The second-order valence-corrected chi connectivity index (χ2v) is 7.45. The van der Waals surface area contributed by atoms with Gasteiger partial charge >= 0.3 is 11.9 Å². The minimum absolute atomic E-state index is 0.108. The summed E-state index contributed by atoms with van der Waals surface area (Å²) >= 11 is 4.53. The highest BCUT2D eigenvalue weighted by Gasteiger charge is 2.38. The molecule has 0 aromatic carbocycles. The van der Waals surface area contributed by atoms with Gasteiger partial charge in [0.25, 0.3) is 5.91 Å².